The summed E-state index contributed by atoms with van der Waals surface area (Å²) in [5.74, 6) is -0.0692. The molecule has 0 aromatic rings. The first-order valence-corrected chi connectivity index (χ1v) is 7.49. The Morgan fingerprint density at radius 1 is 1.32 bits per heavy atom. The molecule has 1 aliphatic carbocycles. The van der Waals surface area contributed by atoms with Crippen molar-refractivity contribution >= 4 is 11.8 Å². The van der Waals surface area contributed by atoms with Gasteiger partial charge in [0.2, 0.25) is 11.8 Å². The lowest BCUT2D eigenvalue weighted by Crippen LogP contribution is -2.42. The second-order valence-electron chi connectivity index (χ2n) is 5.45. The fraction of sp³-hybridized carbons (Fsp3) is 0.857. The van der Waals surface area contributed by atoms with E-state index in [1.807, 2.05) is 6.92 Å². The van der Waals surface area contributed by atoms with Gasteiger partial charge >= 0.3 is 0 Å². The zero-order chi connectivity index (χ0) is 13.8. The molecule has 0 aromatic heterocycles. The Hall–Kier alpha value is -0.940. The van der Waals surface area contributed by atoms with Gasteiger partial charge in [-0.15, -0.1) is 0 Å². The molecular formula is C14H25N3O2. The van der Waals surface area contributed by atoms with Crippen LogP contribution in [0.5, 0.6) is 0 Å². The lowest BCUT2D eigenvalue weighted by molar-refractivity contribution is -0.138. The van der Waals surface area contributed by atoms with Crippen LogP contribution in [0.15, 0.2) is 0 Å². The Morgan fingerprint density at radius 2 is 2.05 bits per heavy atom. The molecule has 0 bridgehead atoms. The predicted molar refractivity (Wildman–Crippen MR) is 73.7 cm³/mol. The number of hydrogen-bond donors (Lipinski definition) is 1. The first-order valence-electron chi connectivity index (χ1n) is 7.49. The maximum Gasteiger partial charge on any atom is 0.246 e. The number of rotatable bonds is 8. The van der Waals surface area contributed by atoms with E-state index in [4.69, 9.17) is 0 Å². The number of nitrogens with one attached hydrogen (secondary N) is 1. The number of nitrogens with zero attached hydrogens (tertiary/aromatic N) is 2. The van der Waals surface area contributed by atoms with Crippen molar-refractivity contribution in [1.82, 2.24) is 15.1 Å². The van der Waals surface area contributed by atoms with E-state index in [0.29, 0.717) is 13.0 Å². The van der Waals surface area contributed by atoms with Crippen molar-refractivity contribution in [3.8, 4) is 0 Å². The van der Waals surface area contributed by atoms with Crippen molar-refractivity contribution in [2.24, 2.45) is 0 Å². The molecule has 0 aromatic carbocycles. The number of likely N-dealkylation sites (N-methyl/N-ethyl adjacent to an activating group) is 1. The van der Waals surface area contributed by atoms with Crippen molar-refractivity contribution in [2.45, 2.75) is 51.6 Å². The fourth-order valence-corrected chi connectivity index (χ4v) is 2.72. The van der Waals surface area contributed by atoms with Gasteiger partial charge in [0.15, 0.2) is 0 Å². The van der Waals surface area contributed by atoms with Gasteiger partial charge in [-0.25, -0.2) is 0 Å². The summed E-state index contributed by atoms with van der Waals surface area (Å²) in [5, 5.41) is 3.24. The van der Waals surface area contributed by atoms with E-state index in [1.165, 1.54) is 17.7 Å². The standard InChI is InChI=1S/C14H25N3O2/c1-3-8-17-13(18)10-12(14(17)19)15-7-9-16(4-2)11-5-6-11/h11-12,15H,3-10H2,1-2H3. The summed E-state index contributed by atoms with van der Waals surface area (Å²) in [7, 11) is 0. The molecule has 1 heterocycles. The van der Waals surface area contributed by atoms with Gasteiger partial charge in [0.05, 0.1) is 12.5 Å². The van der Waals surface area contributed by atoms with Crippen LogP contribution in [-0.2, 0) is 9.59 Å². The van der Waals surface area contributed by atoms with Gasteiger partial charge < -0.3 is 5.32 Å². The average molecular weight is 267 g/mol. The van der Waals surface area contributed by atoms with E-state index in [9.17, 15) is 9.59 Å². The van der Waals surface area contributed by atoms with Gasteiger partial charge in [0, 0.05) is 25.7 Å². The van der Waals surface area contributed by atoms with Crippen molar-refractivity contribution in [3.63, 3.8) is 0 Å². The summed E-state index contributed by atoms with van der Waals surface area (Å²) in [6.45, 7) is 7.52. The van der Waals surface area contributed by atoms with Gasteiger partial charge in [0.1, 0.15) is 0 Å². The fourth-order valence-electron chi connectivity index (χ4n) is 2.72. The molecule has 2 amide bonds. The average Bonchev–Trinajstić information content (AvgIpc) is 3.19. The number of carbonyl (C=O) groups excluding carboxylic acids is 2. The van der Waals surface area contributed by atoms with Crippen LogP contribution in [0.4, 0.5) is 0 Å². The largest absolute Gasteiger partial charge is 0.304 e. The molecule has 1 saturated carbocycles. The minimum atomic E-state index is -0.294. The van der Waals surface area contributed by atoms with Gasteiger partial charge in [-0.2, -0.15) is 0 Å². The van der Waals surface area contributed by atoms with Crippen LogP contribution in [0, 0.1) is 0 Å². The molecule has 1 unspecified atom stereocenters. The maximum absolute atomic E-state index is 12.0. The van der Waals surface area contributed by atoms with Crippen LogP contribution in [-0.4, -0.2) is 59.9 Å². The van der Waals surface area contributed by atoms with E-state index < -0.39 is 0 Å². The Kier molecular flexibility index (Phi) is 4.93. The van der Waals surface area contributed by atoms with E-state index in [0.717, 1.165) is 32.1 Å². The predicted octanol–water partition coefficient (Wildman–Crippen LogP) is 0.598. The summed E-state index contributed by atoms with van der Waals surface area (Å²) in [5.41, 5.74) is 0. The third kappa shape index (κ3) is 3.54. The molecule has 1 aliphatic heterocycles. The van der Waals surface area contributed by atoms with Crippen molar-refractivity contribution in [2.75, 3.05) is 26.2 Å². The van der Waals surface area contributed by atoms with Crippen LogP contribution < -0.4 is 5.32 Å². The zero-order valence-electron chi connectivity index (χ0n) is 12.0. The van der Waals surface area contributed by atoms with Gasteiger partial charge in [-0.3, -0.25) is 19.4 Å². The quantitative estimate of drug-likeness (QED) is 0.654. The second-order valence-corrected chi connectivity index (χ2v) is 5.45. The molecular weight excluding hydrogens is 242 g/mol. The highest BCUT2D eigenvalue weighted by molar-refractivity contribution is 6.05. The minimum Gasteiger partial charge on any atom is -0.304 e. The molecule has 2 aliphatic rings. The van der Waals surface area contributed by atoms with Crippen LogP contribution in [0.3, 0.4) is 0 Å². The Balaban J connectivity index is 1.74. The number of hydrogen-bond acceptors (Lipinski definition) is 4. The lowest BCUT2D eigenvalue weighted by Gasteiger charge is -2.21. The second kappa shape index (κ2) is 6.48. The third-order valence-corrected chi connectivity index (χ3v) is 3.95. The lowest BCUT2D eigenvalue weighted by atomic mass is 10.2. The van der Waals surface area contributed by atoms with Crippen molar-refractivity contribution in [3.05, 3.63) is 0 Å². The summed E-state index contributed by atoms with van der Waals surface area (Å²) < 4.78 is 0. The van der Waals surface area contributed by atoms with Crippen molar-refractivity contribution in [1.29, 1.82) is 0 Å². The molecule has 19 heavy (non-hydrogen) atoms. The number of likely N-dealkylation sites (tertiary alicyclic amines) is 1. The minimum absolute atomic E-state index is 0.0288. The summed E-state index contributed by atoms with van der Waals surface area (Å²) >= 11 is 0. The van der Waals surface area contributed by atoms with Crippen molar-refractivity contribution < 1.29 is 9.59 Å². The SMILES string of the molecule is CCCN1C(=O)CC(NCCN(CC)C2CC2)C1=O. The summed E-state index contributed by atoms with van der Waals surface area (Å²) in [6.07, 6.45) is 3.77. The highest BCUT2D eigenvalue weighted by Gasteiger charge is 2.37. The first kappa shape index (κ1) is 14.5. The summed E-state index contributed by atoms with van der Waals surface area (Å²) in [6, 6.07) is 0.460. The highest BCUT2D eigenvalue weighted by Crippen LogP contribution is 2.25. The Labute approximate surface area is 115 Å². The molecule has 108 valence electrons. The Bertz CT molecular complexity index is 342. The van der Waals surface area contributed by atoms with Crippen LogP contribution in [0.25, 0.3) is 0 Å². The molecule has 0 radical (unpaired) electrons. The van der Waals surface area contributed by atoms with E-state index in [2.05, 4.69) is 17.1 Å². The van der Waals surface area contributed by atoms with E-state index in [1.54, 1.807) is 0 Å². The monoisotopic (exact) mass is 267 g/mol. The molecule has 2 fully saturated rings. The Morgan fingerprint density at radius 3 is 2.63 bits per heavy atom. The van der Waals surface area contributed by atoms with E-state index >= 15 is 0 Å². The molecule has 1 N–H and O–H groups in total. The highest BCUT2D eigenvalue weighted by atomic mass is 16.2. The summed E-state index contributed by atoms with van der Waals surface area (Å²) in [4.78, 5) is 27.6. The maximum atomic E-state index is 12.0. The molecule has 2 rings (SSSR count). The number of imide groups is 1. The smallest absolute Gasteiger partial charge is 0.246 e. The zero-order valence-corrected chi connectivity index (χ0v) is 12.0. The van der Waals surface area contributed by atoms with Gasteiger partial charge in [-0.1, -0.05) is 13.8 Å². The first-order chi connectivity index (χ1) is 9.17. The number of carbonyl (C=O) groups is 2. The molecule has 5 heteroatoms. The third-order valence-electron chi connectivity index (χ3n) is 3.95. The van der Waals surface area contributed by atoms with E-state index in [-0.39, 0.29) is 17.9 Å². The van der Waals surface area contributed by atoms with Gasteiger partial charge in [0.25, 0.3) is 0 Å². The molecule has 1 atom stereocenters. The van der Waals surface area contributed by atoms with Crippen LogP contribution >= 0.6 is 0 Å². The topological polar surface area (TPSA) is 52.7 Å². The normalized spacial score (nSPS) is 23.7. The molecule has 0 spiro atoms. The molecule has 1 saturated heterocycles. The number of amides is 2. The van der Waals surface area contributed by atoms with Crippen LogP contribution in [0.2, 0.25) is 0 Å². The molecule has 5 nitrogen and oxygen atoms in total. The van der Waals surface area contributed by atoms with Crippen LogP contribution in [0.1, 0.15) is 39.5 Å². The van der Waals surface area contributed by atoms with Gasteiger partial charge in [-0.05, 0) is 25.8 Å².